The minimum Gasteiger partial charge on any atom is -0.431 e. The number of carbonyl (C=O) groups excluding carboxylic acids is 1. The normalized spacial score (nSPS) is 10.5. The molecule has 0 saturated heterocycles. The van der Waals surface area contributed by atoms with Crippen LogP contribution in [0.15, 0.2) is 33.9 Å². The fraction of sp³-hybridized carbons (Fsp3) is 0.111. The Bertz CT molecular complexity index is 391. The lowest BCUT2D eigenvalue weighted by atomic mass is 10.3. The molecule has 0 spiro atoms. The van der Waals surface area contributed by atoms with E-state index in [2.05, 4.69) is 4.98 Å². The predicted octanol–water partition coefficient (Wildman–Crippen LogP) is 2.03. The predicted molar refractivity (Wildman–Crippen MR) is 50.4 cm³/mol. The summed E-state index contributed by atoms with van der Waals surface area (Å²) >= 11 is 1.24. The van der Waals surface area contributed by atoms with Crippen LogP contribution in [0, 0.1) is 0 Å². The number of para-hydroxylation sites is 2. The van der Waals surface area contributed by atoms with Crippen LogP contribution in [0.5, 0.6) is 0 Å². The van der Waals surface area contributed by atoms with Crippen LogP contribution < -0.4 is 0 Å². The number of nitrogens with zero attached hydrogens (tertiary/aromatic N) is 1. The zero-order valence-corrected chi connectivity index (χ0v) is 7.50. The molecule has 0 atom stereocenters. The highest BCUT2D eigenvalue weighted by atomic mass is 32.2. The lowest BCUT2D eigenvalue weighted by Gasteiger charge is -1.83. The molecule has 0 aliphatic heterocycles. The van der Waals surface area contributed by atoms with Crippen molar-refractivity contribution in [1.82, 2.24) is 4.98 Å². The van der Waals surface area contributed by atoms with Gasteiger partial charge < -0.3 is 4.42 Å². The molecule has 0 N–H and O–H groups in total. The highest BCUT2D eigenvalue weighted by Crippen LogP contribution is 2.22. The molecule has 0 fully saturated rings. The Morgan fingerprint density at radius 1 is 1.46 bits per heavy atom. The molecule has 0 aliphatic rings. The zero-order valence-electron chi connectivity index (χ0n) is 6.69. The van der Waals surface area contributed by atoms with Crippen LogP contribution in [0.3, 0.4) is 0 Å². The van der Waals surface area contributed by atoms with Crippen molar-refractivity contribution < 1.29 is 9.21 Å². The van der Waals surface area contributed by atoms with E-state index in [0.717, 1.165) is 11.1 Å². The molecule has 1 heterocycles. The van der Waals surface area contributed by atoms with Crippen molar-refractivity contribution in [1.29, 1.82) is 0 Å². The molecule has 0 saturated carbocycles. The first kappa shape index (κ1) is 8.31. The first-order chi connectivity index (χ1) is 6.40. The zero-order chi connectivity index (χ0) is 9.10. The SMILES string of the molecule is O=[C]CSc1nc2ccccc2o1. The summed E-state index contributed by atoms with van der Waals surface area (Å²) in [6, 6.07) is 7.49. The molecule has 0 aliphatic carbocycles. The molecule has 0 bridgehead atoms. The Hall–Kier alpha value is -1.29. The van der Waals surface area contributed by atoms with E-state index in [0.29, 0.717) is 5.22 Å². The summed E-state index contributed by atoms with van der Waals surface area (Å²) in [6.07, 6.45) is 1.77. The largest absolute Gasteiger partial charge is 0.431 e. The third-order valence-corrected chi connectivity index (χ3v) is 2.21. The van der Waals surface area contributed by atoms with E-state index in [-0.39, 0.29) is 5.75 Å². The maximum absolute atomic E-state index is 9.98. The lowest BCUT2D eigenvalue weighted by molar-refractivity contribution is 0.489. The highest BCUT2D eigenvalue weighted by Gasteiger charge is 2.04. The number of hydrogen-bond donors (Lipinski definition) is 0. The molecule has 2 rings (SSSR count). The number of fused-ring (bicyclic) bond motifs is 1. The van der Waals surface area contributed by atoms with Crippen LogP contribution in [0.2, 0.25) is 0 Å². The van der Waals surface area contributed by atoms with Crippen molar-refractivity contribution in [2.75, 3.05) is 5.75 Å². The van der Waals surface area contributed by atoms with Crippen LogP contribution in [0.25, 0.3) is 11.1 Å². The van der Waals surface area contributed by atoms with Crippen molar-refractivity contribution in [3.05, 3.63) is 24.3 Å². The standard InChI is InChI=1S/C9H6NO2S/c11-5-6-13-9-10-7-3-1-2-4-8(7)12-9/h1-4H,6H2. The van der Waals surface area contributed by atoms with Crippen molar-refractivity contribution in [3.8, 4) is 0 Å². The van der Waals surface area contributed by atoms with Crippen LogP contribution in [0.4, 0.5) is 0 Å². The molecular formula is C9H6NO2S. The molecule has 4 heteroatoms. The topological polar surface area (TPSA) is 43.1 Å². The maximum Gasteiger partial charge on any atom is 0.257 e. The average molecular weight is 192 g/mol. The Labute approximate surface area is 79.1 Å². The molecule has 65 valence electrons. The second-order valence-corrected chi connectivity index (χ2v) is 3.31. The van der Waals surface area contributed by atoms with Gasteiger partial charge in [0.25, 0.3) is 5.22 Å². The third kappa shape index (κ3) is 1.72. The smallest absolute Gasteiger partial charge is 0.257 e. The van der Waals surface area contributed by atoms with Crippen LogP contribution >= 0.6 is 11.8 Å². The molecule has 0 amide bonds. The van der Waals surface area contributed by atoms with Crippen LogP contribution in [0.1, 0.15) is 0 Å². The van der Waals surface area contributed by atoms with Gasteiger partial charge in [-0.1, -0.05) is 23.9 Å². The van der Waals surface area contributed by atoms with E-state index in [1.807, 2.05) is 24.3 Å². The van der Waals surface area contributed by atoms with Gasteiger partial charge in [-0.15, -0.1) is 0 Å². The van der Waals surface area contributed by atoms with Crippen molar-refractivity contribution in [2.24, 2.45) is 0 Å². The molecule has 1 aromatic heterocycles. The van der Waals surface area contributed by atoms with Crippen molar-refractivity contribution in [3.63, 3.8) is 0 Å². The Kier molecular flexibility index (Phi) is 2.31. The van der Waals surface area contributed by atoms with Gasteiger partial charge >= 0.3 is 0 Å². The third-order valence-electron chi connectivity index (χ3n) is 1.53. The van der Waals surface area contributed by atoms with E-state index >= 15 is 0 Å². The Morgan fingerprint density at radius 2 is 2.31 bits per heavy atom. The minimum absolute atomic E-state index is 0.257. The number of thioether (sulfide) groups is 1. The van der Waals surface area contributed by atoms with Crippen LogP contribution in [-0.2, 0) is 4.79 Å². The number of oxazole rings is 1. The average Bonchev–Trinajstić information content (AvgIpc) is 2.57. The van der Waals surface area contributed by atoms with Crippen LogP contribution in [-0.4, -0.2) is 17.0 Å². The summed E-state index contributed by atoms with van der Waals surface area (Å²) in [6.45, 7) is 0. The summed E-state index contributed by atoms with van der Waals surface area (Å²) in [4.78, 5) is 14.1. The maximum atomic E-state index is 9.98. The van der Waals surface area contributed by atoms with E-state index in [1.54, 1.807) is 6.29 Å². The summed E-state index contributed by atoms with van der Waals surface area (Å²) in [5, 5.41) is 0.518. The first-order valence-electron chi connectivity index (χ1n) is 3.73. The van der Waals surface area contributed by atoms with E-state index < -0.39 is 0 Å². The van der Waals surface area contributed by atoms with E-state index in [4.69, 9.17) is 4.42 Å². The van der Waals surface area contributed by atoms with Gasteiger partial charge in [-0.3, -0.25) is 4.79 Å². The van der Waals surface area contributed by atoms with Gasteiger partial charge in [0.15, 0.2) is 5.58 Å². The molecular weight excluding hydrogens is 186 g/mol. The van der Waals surface area contributed by atoms with Gasteiger partial charge in [0.1, 0.15) is 5.52 Å². The Balaban J connectivity index is 2.32. The van der Waals surface area contributed by atoms with E-state index in [9.17, 15) is 4.79 Å². The van der Waals surface area contributed by atoms with Gasteiger partial charge in [-0.2, -0.15) is 0 Å². The molecule has 13 heavy (non-hydrogen) atoms. The number of rotatable bonds is 3. The summed E-state index contributed by atoms with van der Waals surface area (Å²) in [7, 11) is 0. The minimum atomic E-state index is 0.257. The highest BCUT2D eigenvalue weighted by molar-refractivity contribution is 7.99. The second kappa shape index (κ2) is 3.62. The van der Waals surface area contributed by atoms with Gasteiger partial charge in [0.05, 0.1) is 5.75 Å². The molecule has 1 radical (unpaired) electrons. The molecule has 2 aromatic rings. The lowest BCUT2D eigenvalue weighted by Crippen LogP contribution is -1.77. The summed E-state index contributed by atoms with van der Waals surface area (Å²) in [5.41, 5.74) is 1.56. The van der Waals surface area contributed by atoms with Crippen molar-refractivity contribution in [2.45, 2.75) is 5.22 Å². The quantitative estimate of drug-likeness (QED) is 0.698. The Morgan fingerprint density at radius 3 is 3.08 bits per heavy atom. The first-order valence-corrected chi connectivity index (χ1v) is 4.72. The van der Waals surface area contributed by atoms with Gasteiger partial charge in [0, 0.05) is 0 Å². The summed E-state index contributed by atoms with van der Waals surface area (Å²) < 4.78 is 5.34. The molecule has 1 aromatic carbocycles. The second-order valence-electron chi connectivity index (χ2n) is 2.38. The monoisotopic (exact) mass is 192 g/mol. The molecule has 0 unspecified atom stereocenters. The number of hydrogen-bond acceptors (Lipinski definition) is 4. The number of benzene rings is 1. The van der Waals surface area contributed by atoms with Gasteiger partial charge in [-0.05, 0) is 12.1 Å². The number of aromatic nitrogens is 1. The van der Waals surface area contributed by atoms with E-state index in [1.165, 1.54) is 11.8 Å². The van der Waals surface area contributed by atoms with Gasteiger partial charge in [0.2, 0.25) is 6.29 Å². The van der Waals surface area contributed by atoms with Gasteiger partial charge in [-0.25, -0.2) is 4.98 Å². The fourth-order valence-electron chi connectivity index (χ4n) is 1.00. The molecule has 3 nitrogen and oxygen atoms in total. The fourth-order valence-corrected chi connectivity index (χ4v) is 1.50. The summed E-state index contributed by atoms with van der Waals surface area (Å²) in [5.74, 6) is 0.257. The van der Waals surface area contributed by atoms with Crippen molar-refractivity contribution >= 4 is 29.1 Å².